The van der Waals surface area contributed by atoms with Gasteiger partial charge in [0.25, 0.3) is 0 Å². The van der Waals surface area contributed by atoms with E-state index in [-0.39, 0.29) is 32.5 Å². The molecule has 5 atom stereocenters. The van der Waals surface area contributed by atoms with Gasteiger partial charge in [-0.25, -0.2) is 4.90 Å². The largest absolute Gasteiger partial charge is 0.481 e. The lowest BCUT2D eigenvalue weighted by molar-refractivity contribution is -0.164. The molecule has 0 aliphatic carbocycles. The van der Waals surface area contributed by atoms with E-state index in [1.807, 2.05) is 39.0 Å². The fourth-order valence-corrected chi connectivity index (χ4v) is 6.15. The number of aliphatic carboxylic acids is 1. The molecule has 0 radical (unpaired) electrons. The average Bonchev–Trinajstić information content (AvgIpc) is 3.22. The molecule has 1 aromatic rings. The number of nitrogens with zero attached hydrogens (tertiary/aromatic N) is 1. The third-order valence-corrected chi connectivity index (χ3v) is 8.90. The molecule has 1 aliphatic rings. The van der Waals surface area contributed by atoms with Gasteiger partial charge in [-0.3, -0.25) is 24.0 Å². The van der Waals surface area contributed by atoms with Crippen molar-refractivity contribution in [2.24, 2.45) is 28.6 Å². The second-order valence-electron chi connectivity index (χ2n) is 12.1. The van der Waals surface area contributed by atoms with Crippen LogP contribution in [0.3, 0.4) is 0 Å². The number of esters is 2. The lowest BCUT2D eigenvalue weighted by atomic mass is 9.64. The van der Waals surface area contributed by atoms with Crippen LogP contribution in [0, 0.1) is 28.6 Å². The molecule has 1 aliphatic heterocycles. The number of unbranched alkanes of at least 4 members (excludes halogenated alkanes) is 1. The summed E-state index contributed by atoms with van der Waals surface area (Å²) in [7, 11) is 0. The smallest absolute Gasteiger partial charge is 0.312 e. The summed E-state index contributed by atoms with van der Waals surface area (Å²) >= 11 is 0. The molecule has 0 unspecified atom stereocenters. The molecule has 10 nitrogen and oxygen atoms in total. The summed E-state index contributed by atoms with van der Waals surface area (Å²) < 4.78 is 10.9. The number of rotatable bonds is 17. The second-order valence-corrected chi connectivity index (χ2v) is 12.1. The molecule has 240 valence electrons. The van der Waals surface area contributed by atoms with Crippen LogP contribution in [0.25, 0.3) is 0 Å². The molecular formula is C33H49NO9. The van der Waals surface area contributed by atoms with Crippen LogP contribution in [0.15, 0.2) is 18.2 Å². The van der Waals surface area contributed by atoms with Crippen molar-refractivity contribution >= 4 is 35.4 Å². The van der Waals surface area contributed by atoms with Crippen molar-refractivity contribution in [3.63, 3.8) is 0 Å². The van der Waals surface area contributed by atoms with Crippen LogP contribution >= 0.6 is 0 Å². The summed E-state index contributed by atoms with van der Waals surface area (Å²) in [6, 6.07) is 5.60. The normalized spacial score (nSPS) is 20.3. The van der Waals surface area contributed by atoms with Gasteiger partial charge in [0.1, 0.15) is 6.61 Å². The van der Waals surface area contributed by atoms with Crippen LogP contribution in [0.4, 0.5) is 5.69 Å². The van der Waals surface area contributed by atoms with E-state index >= 15 is 0 Å². The Labute approximate surface area is 255 Å². The monoisotopic (exact) mass is 603 g/mol. The topological polar surface area (TPSA) is 148 Å². The van der Waals surface area contributed by atoms with E-state index in [0.29, 0.717) is 24.9 Å². The van der Waals surface area contributed by atoms with Crippen molar-refractivity contribution < 1.29 is 43.7 Å². The third kappa shape index (κ3) is 7.63. The summed E-state index contributed by atoms with van der Waals surface area (Å²) in [5.41, 5.74) is -0.818. The maximum Gasteiger partial charge on any atom is 0.312 e. The molecule has 2 rings (SSSR count). The number of carboxylic acids is 1. The molecule has 43 heavy (non-hydrogen) atoms. The fraction of sp³-hybridized carbons (Fsp3) is 0.667. The summed E-state index contributed by atoms with van der Waals surface area (Å²) in [6.45, 7) is 11.6. The first-order chi connectivity index (χ1) is 20.3. The number of ether oxygens (including phenoxy) is 2. The Bertz CT molecular complexity index is 1160. The van der Waals surface area contributed by atoms with Crippen molar-refractivity contribution in [2.45, 2.75) is 93.4 Å². The predicted molar refractivity (Wildman–Crippen MR) is 161 cm³/mol. The highest BCUT2D eigenvalue weighted by atomic mass is 16.5. The SMILES string of the molecule is CCCCOC(=O)[C@@](C)(CC)[C@H]1C(=O)N(c2c(CC)cccc2CC)C(=O)[C@H]1C[C@@](C)(C[C@H](C)C(=O)O)C(=O)OCCO. The van der Waals surface area contributed by atoms with Crippen LogP contribution < -0.4 is 4.90 Å². The van der Waals surface area contributed by atoms with Gasteiger partial charge in [-0.1, -0.05) is 59.2 Å². The van der Waals surface area contributed by atoms with Gasteiger partial charge < -0.3 is 19.7 Å². The average molecular weight is 604 g/mol. The number of aliphatic hydroxyl groups is 1. The summed E-state index contributed by atoms with van der Waals surface area (Å²) in [4.78, 5) is 69.1. The van der Waals surface area contributed by atoms with Crippen molar-refractivity contribution in [2.75, 3.05) is 24.7 Å². The van der Waals surface area contributed by atoms with Crippen molar-refractivity contribution in [1.82, 2.24) is 0 Å². The number of aryl methyl sites for hydroxylation is 2. The van der Waals surface area contributed by atoms with Gasteiger partial charge in [0.2, 0.25) is 11.8 Å². The highest BCUT2D eigenvalue weighted by molar-refractivity contribution is 6.23. The van der Waals surface area contributed by atoms with Crippen LogP contribution in [-0.4, -0.2) is 59.8 Å². The Kier molecular flexibility index (Phi) is 12.9. The number of benzene rings is 1. The van der Waals surface area contributed by atoms with E-state index in [2.05, 4.69) is 0 Å². The van der Waals surface area contributed by atoms with Gasteiger partial charge in [0.05, 0.1) is 47.5 Å². The molecule has 10 heteroatoms. The Balaban J connectivity index is 2.78. The zero-order valence-electron chi connectivity index (χ0n) is 26.7. The lowest BCUT2D eigenvalue weighted by Crippen LogP contribution is -2.45. The summed E-state index contributed by atoms with van der Waals surface area (Å²) in [6.07, 6.45) is 2.35. The highest BCUT2D eigenvalue weighted by Crippen LogP contribution is 2.50. The molecule has 0 spiro atoms. The minimum absolute atomic E-state index is 0.174. The number of aliphatic hydroxyl groups excluding tert-OH is 1. The van der Waals surface area contributed by atoms with Crippen molar-refractivity contribution in [3.8, 4) is 0 Å². The van der Waals surface area contributed by atoms with E-state index in [1.165, 1.54) is 18.7 Å². The first kappa shape index (κ1) is 35.9. The molecule has 1 aromatic carbocycles. The Morgan fingerprint density at radius 3 is 2.02 bits per heavy atom. The number of para-hydroxylation sites is 1. The molecule has 1 fully saturated rings. The fourth-order valence-electron chi connectivity index (χ4n) is 6.15. The van der Waals surface area contributed by atoms with E-state index in [0.717, 1.165) is 17.5 Å². The molecule has 2 N–H and O–H groups in total. The van der Waals surface area contributed by atoms with Gasteiger partial charge in [0.15, 0.2) is 0 Å². The number of carbonyl (C=O) groups is 5. The predicted octanol–water partition coefficient (Wildman–Crippen LogP) is 4.72. The van der Waals surface area contributed by atoms with E-state index in [1.54, 1.807) is 13.8 Å². The van der Waals surface area contributed by atoms with Gasteiger partial charge in [-0.05, 0) is 63.5 Å². The van der Waals surface area contributed by atoms with E-state index in [9.17, 15) is 34.2 Å². The minimum atomic E-state index is -1.51. The molecule has 1 heterocycles. The molecule has 2 amide bonds. The Morgan fingerprint density at radius 2 is 1.53 bits per heavy atom. The summed E-state index contributed by atoms with van der Waals surface area (Å²) in [5, 5.41) is 19.0. The van der Waals surface area contributed by atoms with Gasteiger partial charge >= 0.3 is 17.9 Å². The van der Waals surface area contributed by atoms with Crippen LogP contribution in [0.1, 0.15) is 91.7 Å². The molecular weight excluding hydrogens is 554 g/mol. The zero-order chi connectivity index (χ0) is 32.5. The number of anilines is 1. The van der Waals surface area contributed by atoms with Crippen LogP contribution in [-0.2, 0) is 46.3 Å². The van der Waals surface area contributed by atoms with Gasteiger partial charge in [-0.15, -0.1) is 0 Å². The zero-order valence-corrected chi connectivity index (χ0v) is 26.7. The number of carbonyl (C=O) groups excluding carboxylic acids is 4. The standard InChI is InChI=1S/C33H49NO9/c1-8-12-17-42-31(41)33(7,11-4)25-24(20-32(6,19-21(5)29(38)39)30(40)43-18-16-35)27(36)34(28(25)37)26-22(9-2)14-13-15-23(26)10-3/h13-15,21,24-25,35H,8-12,16-20H2,1-7H3,(H,38,39)/t21-,24-,25+,32+,33-/m0/s1. The molecule has 0 saturated carbocycles. The quantitative estimate of drug-likeness (QED) is 0.147. The second kappa shape index (κ2) is 15.5. The van der Waals surface area contributed by atoms with E-state index in [4.69, 9.17) is 9.47 Å². The van der Waals surface area contributed by atoms with E-state index < -0.39 is 64.9 Å². The maximum atomic E-state index is 14.5. The highest BCUT2D eigenvalue weighted by Gasteiger charge is 2.61. The third-order valence-electron chi connectivity index (χ3n) is 8.90. The number of hydrogen-bond donors (Lipinski definition) is 2. The number of carboxylic acid groups (broad SMARTS) is 1. The lowest BCUT2D eigenvalue weighted by Gasteiger charge is -2.37. The summed E-state index contributed by atoms with van der Waals surface area (Å²) in [5.74, 6) is -6.87. The van der Waals surface area contributed by atoms with Crippen LogP contribution in [0.5, 0.6) is 0 Å². The maximum absolute atomic E-state index is 14.5. The van der Waals surface area contributed by atoms with Gasteiger partial charge in [-0.2, -0.15) is 0 Å². The minimum Gasteiger partial charge on any atom is -0.481 e. The van der Waals surface area contributed by atoms with Gasteiger partial charge in [0, 0.05) is 0 Å². The number of hydrogen-bond acceptors (Lipinski definition) is 8. The first-order valence-electron chi connectivity index (χ1n) is 15.4. The van der Waals surface area contributed by atoms with Crippen LogP contribution in [0.2, 0.25) is 0 Å². The molecule has 1 saturated heterocycles. The first-order valence-corrected chi connectivity index (χ1v) is 15.4. The van der Waals surface area contributed by atoms with Crippen molar-refractivity contribution in [1.29, 1.82) is 0 Å². The Morgan fingerprint density at radius 1 is 0.953 bits per heavy atom. The Hall–Kier alpha value is -3.27. The number of imide groups is 1. The molecule has 0 bridgehead atoms. The van der Waals surface area contributed by atoms with Crippen molar-refractivity contribution in [3.05, 3.63) is 29.3 Å². The number of amides is 2. The molecule has 0 aromatic heterocycles.